The monoisotopic (exact) mass is 428 g/mol. The van der Waals surface area contributed by atoms with Gasteiger partial charge < -0.3 is 15.4 Å². The molecular formula is C23H22Cl2N2O2. The number of ether oxygens (including phenoxy) is 1. The van der Waals surface area contributed by atoms with Gasteiger partial charge in [-0.3, -0.25) is 4.79 Å². The first-order valence-corrected chi connectivity index (χ1v) is 10.1. The van der Waals surface area contributed by atoms with Gasteiger partial charge in [0.05, 0.1) is 23.2 Å². The summed E-state index contributed by atoms with van der Waals surface area (Å²) in [6, 6.07) is 22.8. The number of anilines is 2. The van der Waals surface area contributed by atoms with E-state index in [9.17, 15) is 4.79 Å². The smallest absolute Gasteiger partial charge is 0.243 e. The SMILES string of the molecule is O=C(CNc1ccc(Cl)c(Cl)c1)Nc1cccc(OCCCc2ccccc2)c1. The van der Waals surface area contributed by atoms with Crippen molar-refractivity contribution in [3.63, 3.8) is 0 Å². The number of halogens is 2. The van der Waals surface area contributed by atoms with Crippen LogP contribution < -0.4 is 15.4 Å². The van der Waals surface area contributed by atoms with Crippen LogP contribution in [0.4, 0.5) is 11.4 Å². The quantitative estimate of drug-likeness (QED) is 0.407. The number of hydrogen-bond donors (Lipinski definition) is 2. The van der Waals surface area contributed by atoms with Gasteiger partial charge in [0.1, 0.15) is 5.75 Å². The van der Waals surface area contributed by atoms with Crippen molar-refractivity contribution in [2.75, 3.05) is 23.8 Å². The number of aryl methyl sites for hydroxylation is 1. The fraction of sp³-hybridized carbons (Fsp3) is 0.174. The van der Waals surface area contributed by atoms with Gasteiger partial charge in [-0.05, 0) is 48.7 Å². The van der Waals surface area contributed by atoms with Crippen molar-refractivity contribution < 1.29 is 9.53 Å². The molecule has 6 heteroatoms. The summed E-state index contributed by atoms with van der Waals surface area (Å²) in [5.74, 6) is 0.561. The highest BCUT2D eigenvalue weighted by Crippen LogP contribution is 2.25. The Kier molecular flexibility index (Phi) is 7.79. The Balaban J connectivity index is 1.43. The zero-order valence-electron chi connectivity index (χ0n) is 15.8. The molecule has 0 aliphatic carbocycles. The molecule has 29 heavy (non-hydrogen) atoms. The van der Waals surface area contributed by atoms with Crippen LogP contribution in [0.1, 0.15) is 12.0 Å². The molecule has 3 aromatic carbocycles. The van der Waals surface area contributed by atoms with Gasteiger partial charge in [-0.1, -0.05) is 59.6 Å². The molecule has 0 bridgehead atoms. The highest BCUT2D eigenvalue weighted by molar-refractivity contribution is 6.42. The fourth-order valence-electron chi connectivity index (χ4n) is 2.77. The van der Waals surface area contributed by atoms with Crippen LogP contribution in [0.2, 0.25) is 10.0 Å². The Morgan fingerprint density at radius 2 is 1.69 bits per heavy atom. The summed E-state index contributed by atoms with van der Waals surface area (Å²) in [5.41, 5.74) is 2.71. The van der Waals surface area contributed by atoms with E-state index in [-0.39, 0.29) is 12.5 Å². The molecule has 0 spiro atoms. The second-order valence-corrected chi connectivity index (χ2v) is 7.31. The van der Waals surface area contributed by atoms with Crippen molar-refractivity contribution >= 4 is 40.5 Å². The van der Waals surface area contributed by atoms with Gasteiger partial charge in [-0.25, -0.2) is 0 Å². The van der Waals surface area contributed by atoms with E-state index < -0.39 is 0 Å². The van der Waals surface area contributed by atoms with E-state index >= 15 is 0 Å². The van der Waals surface area contributed by atoms with Gasteiger partial charge in [0.15, 0.2) is 0 Å². The molecule has 0 saturated carbocycles. The Hall–Kier alpha value is -2.69. The van der Waals surface area contributed by atoms with E-state index in [4.69, 9.17) is 27.9 Å². The van der Waals surface area contributed by atoms with E-state index in [1.54, 1.807) is 18.2 Å². The predicted molar refractivity (Wildman–Crippen MR) is 120 cm³/mol. The maximum Gasteiger partial charge on any atom is 0.243 e. The van der Waals surface area contributed by atoms with Gasteiger partial charge in [-0.15, -0.1) is 0 Å². The highest BCUT2D eigenvalue weighted by Gasteiger charge is 2.05. The lowest BCUT2D eigenvalue weighted by atomic mass is 10.1. The minimum absolute atomic E-state index is 0.111. The number of nitrogens with one attached hydrogen (secondary N) is 2. The number of hydrogen-bond acceptors (Lipinski definition) is 3. The average molecular weight is 429 g/mol. The summed E-state index contributed by atoms with van der Waals surface area (Å²) in [7, 11) is 0. The molecule has 0 aliphatic rings. The summed E-state index contributed by atoms with van der Waals surface area (Å²) in [6.45, 7) is 0.727. The number of rotatable bonds is 9. The van der Waals surface area contributed by atoms with Gasteiger partial charge in [0.2, 0.25) is 5.91 Å². The van der Waals surface area contributed by atoms with Crippen LogP contribution in [0.25, 0.3) is 0 Å². The molecule has 3 rings (SSSR count). The molecule has 0 heterocycles. The van der Waals surface area contributed by atoms with Gasteiger partial charge >= 0.3 is 0 Å². The molecule has 0 atom stereocenters. The Morgan fingerprint density at radius 1 is 0.862 bits per heavy atom. The summed E-state index contributed by atoms with van der Waals surface area (Å²) >= 11 is 11.9. The Labute approximate surface area is 180 Å². The van der Waals surface area contributed by atoms with Crippen molar-refractivity contribution in [2.45, 2.75) is 12.8 Å². The normalized spacial score (nSPS) is 10.4. The number of benzene rings is 3. The molecule has 1 amide bonds. The van der Waals surface area contributed by atoms with Gasteiger partial charge in [-0.2, -0.15) is 0 Å². The van der Waals surface area contributed by atoms with Crippen molar-refractivity contribution in [2.24, 2.45) is 0 Å². The second-order valence-electron chi connectivity index (χ2n) is 6.50. The molecule has 0 fully saturated rings. The third-order valence-electron chi connectivity index (χ3n) is 4.21. The lowest BCUT2D eigenvalue weighted by Crippen LogP contribution is -2.21. The summed E-state index contributed by atoms with van der Waals surface area (Å²) in [5, 5.41) is 6.79. The summed E-state index contributed by atoms with van der Waals surface area (Å²) < 4.78 is 5.81. The zero-order valence-corrected chi connectivity index (χ0v) is 17.3. The summed E-state index contributed by atoms with van der Waals surface area (Å²) in [6.07, 6.45) is 1.89. The average Bonchev–Trinajstić information content (AvgIpc) is 2.73. The molecule has 0 unspecified atom stereocenters. The van der Waals surface area contributed by atoms with Crippen molar-refractivity contribution in [3.8, 4) is 5.75 Å². The maximum atomic E-state index is 12.2. The van der Waals surface area contributed by atoms with Crippen molar-refractivity contribution in [1.82, 2.24) is 0 Å². The first-order valence-electron chi connectivity index (χ1n) is 9.36. The second kappa shape index (κ2) is 10.7. The van der Waals surface area contributed by atoms with Crippen LogP contribution in [-0.2, 0) is 11.2 Å². The van der Waals surface area contributed by atoms with Crippen LogP contribution in [-0.4, -0.2) is 19.1 Å². The van der Waals surface area contributed by atoms with E-state index in [1.807, 2.05) is 42.5 Å². The Bertz CT molecular complexity index is 949. The van der Waals surface area contributed by atoms with Crippen LogP contribution in [0, 0.1) is 0 Å². The fourth-order valence-corrected chi connectivity index (χ4v) is 3.07. The topological polar surface area (TPSA) is 50.4 Å². The van der Waals surface area contributed by atoms with E-state index in [0.717, 1.165) is 24.3 Å². The molecular weight excluding hydrogens is 407 g/mol. The number of carbonyl (C=O) groups excluding carboxylic acids is 1. The van der Waals surface area contributed by atoms with E-state index in [0.29, 0.717) is 22.3 Å². The lowest BCUT2D eigenvalue weighted by Gasteiger charge is -2.11. The van der Waals surface area contributed by atoms with Crippen LogP contribution in [0.5, 0.6) is 5.75 Å². The molecule has 3 aromatic rings. The van der Waals surface area contributed by atoms with E-state index in [2.05, 4.69) is 22.8 Å². The lowest BCUT2D eigenvalue weighted by molar-refractivity contribution is -0.114. The standard InChI is InChI=1S/C23H22Cl2N2O2/c24-21-12-11-18(15-22(21)25)26-16-23(28)27-19-9-4-10-20(14-19)29-13-5-8-17-6-2-1-3-7-17/h1-4,6-7,9-12,14-15,26H,5,8,13,16H2,(H,27,28). The highest BCUT2D eigenvalue weighted by atomic mass is 35.5. The predicted octanol–water partition coefficient (Wildman–Crippen LogP) is 6.06. The third kappa shape index (κ3) is 7.00. The molecule has 0 aromatic heterocycles. The zero-order chi connectivity index (χ0) is 20.5. The molecule has 0 aliphatic heterocycles. The molecule has 2 N–H and O–H groups in total. The Morgan fingerprint density at radius 3 is 2.48 bits per heavy atom. The number of amides is 1. The minimum Gasteiger partial charge on any atom is -0.494 e. The van der Waals surface area contributed by atoms with Crippen molar-refractivity contribution in [1.29, 1.82) is 0 Å². The largest absolute Gasteiger partial charge is 0.494 e. The molecule has 0 saturated heterocycles. The number of carbonyl (C=O) groups is 1. The van der Waals surface area contributed by atoms with E-state index in [1.165, 1.54) is 5.56 Å². The van der Waals surface area contributed by atoms with Crippen LogP contribution in [0.3, 0.4) is 0 Å². The maximum absolute atomic E-state index is 12.2. The summed E-state index contributed by atoms with van der Waals surface area (Å²) in [4.78, 5) is 12.2. The molecule has 150 valence electrons. The first-order chi connectivity index (χ1) is 14.1. The molecule has 4 nitrogen and oxygen atoms in total. The minimum atomic E-state index is -0.169. The van der Waals surface area contributed by atoms with Crippen molar-refractivity contribution in [3.05, 3.63) is 88.4 Å². The molecule has 0 radical (unpaired) electrons. The van der Waals surface area contributed by atoms with Gasteiger partial charge in [0, 0.05) is 17.4 Å². The third-order valence-corrected chi connectivity index (χ3v) is 4.95. The van der Waals surface area contributed by atoms with Crippen LogP contribution in [0.15, 0.2) is 72.8 Å². The van der Waals surface area contributed by atoms with Crippen LogP contribution >= 0.6 is 23.2 Å². The van der Waals surface area contributed by atoms with Gasteiger partial charge in [0.25, 0.3) is 0 Å². The first kappa shape index (κ1) is 21.0.